The fourth-order valence-electron chi connectivity index (χ4n) is 2.26. The number of hydrogen-bond donors (Lipinski definition) is 1. The molecule has 0 aliphatic rings. The van der Waals surface area contributed by atoms with E-state index in [4.69, 9.17) is 11.6 Å². The quantitative estimate of drug-likeness (QED) is 0.879. The van der Waals surface area contributed by atoms with Gasteiger partial charge in [-0.3, -0.25) is 4.98 Å². The van der Waals surface area contributed by atoms with Gasteiger partial charge in [0, 0.05) is 23.5 Å². The first-order valence-corrected chi connectivity index (χ1v) is 7.13. The molecule has 2 rings (SSSR count). The molecule has 0 aliphatic carbocycles. The minimum Gasteiger partial charge on any atom is -0.314 e. The van der Waals surface area contributed by atoms with E-state index in [9.17, 15) is 4.39 Å². The van der Waals surface area contributed by atoms with Gasteiger partial charge in [-0.1, -0.05) is 30.7 Å². The second kappa shape index (κ2) is 7.36. The predicted molar refractivity (Wildman–Crippen MR) is 80.5 cm³/mol. The van der Waals surface area contributed by atoms with Gasteiger partial charge in [-0.2, -0.15) is 0 Å². The highest BCUT2D eigenvalue weighted by Crippen LogP contribution is 2.17. The van der Waals surface area contributed by atoms with E-state index >= 15 is 0 Å². The van der Waals surface area contributed by atoms with Gasteiger partial charge >= 0.3 is 0 Å². The zero-order chi connectivity index (χ0) is 14.4. The first-order valence-electron chi connectivity index (χ1n) is 6.75. The van der Waals surface area contributed by atoms with Crippen LogP contribution < -0.4 is 5.32 Å². The van der Waals surface area contributed by atoms with Crippen molar-refractivity contribution >= 4 is 11.6 Å². The van der Waals surface area contributed by atoms with Crippen molar-refractivity contribution < 1.29 is 4.39 Å². The van der Waals surface area contributed by atoms with Crippen LogP contribution in [0.15, 0.2) is 42.7 Å². The summed E-state index contributed by atoms with van der Waals surface area (Å²) < 4.78 is 13.9. The molecule has 106 valence electrons. The van der Waals surface area contributed by atoms with E-state index in [0.29, 0.717) is 17.0 Å². The lowest BCUT2D eigenvalue weighted by molar-refractivity contribution is 0.505. The fraction of sp³-hybridized carbons (Fsp3) is 0.312. The van der Waals surface area contributed by atoms with E-state index in [1.807, 2.05) is 18.3 Å². The normalized spacial score (nSPS) is 12.3. The Kier molecular flexibility index (Phi) is 5.50. The topological polar surface area (TPSA) is 24.9 Å². The highest BCUT2D eigenvalue weighted by atomic mass is 35.5. The summed E-state index contributed by atoms with van der Waals surface area (Å²) in [5.41, 5.74) is 1.83. The van der Waals surface area contributed by atoms with Crippen molar-refractivity contribution in [2.45, 2.75) is 25.8 Å². The predicted octanol–water partition coefficient (Wildman–Crippen LogP) is 3.64. The molecule has 0 bridgehead atoms. The number of halogens is 2. The molecule has 0 aliphatic heterocycles. The van der Waals surface area contributed by atoms with Crippen molar-refractivity contribution in [2.75, 3.05) is 6.54 Å². The van der Waals surface area contributed by atoms with Crippen LogP contribution in [0.5, 0.6) is 0 Å². The third kappa shape index (κ3) is 4.29. The molecule has 0 saturated heterocycles. The number of aromatic nitrogens is 1. The molecule has 1 atom stereocenters. The molecule has 0 radical (unpaired) electrons. The Morgan fingerprint density at radius 1 is 1.30 bits per heavy atom. The summed E-state index contributed by atoms with van der Waals surface area (Å²) in [6, 6.07) is 8.99. The lowest BCUT2D eigenvalue weighted by atomic mass is 9.99. The first kappa shape index (κ1) is 14.9. The second-order valence-corrected chi connectivity index (χ2v) is 5.20. The number of nitrogens with zero attached hydrogens (tertiary/aromatic N) is 1. The van der Waals surface area contributed by atoms with Crippen LogP contribution in [-0.2, 0) is 12.8 Å². The summed E-state index contributed by atoms with van der Waals surface area (Å²) in [6.45, 7) is 2.90. The van der Waals surface area contributed by atoms with Gasteiger partial charge in [0.2, 0.25) is 0 Å². The Hall–Kier alpha value is -1.45. The Bertz CT molecular complexity index is 545. The molecule has 20 heavy (non-hydrogen) atoms. The summed E-state index contributed by atoms with van der Waals surface area (Å²) in [4.78, 5) is 4.11. The number of rotatable bonds is 6. The van der Waals surface area contributed by atoms with Crippen molar-refractivity contribution in [1.82, 2.24) is 10.3 Å². The number of pyridine rings is 1. The standard InChI is InChI=1S/C16H18ClFN2/c1-2-20-15(8-12-4-3-7-19-11-12)9-13-5-6-14(17)10-16(13)18/h3-7,10-11,15,20H,2,8-9H2,1H3. The Balaban J connectivity index is 2.09. The van der Waals surface area contributed by atoms with Crippen LogP contribution >= 0.6 is 11.6 Å². The molecule has 4 heteroatoms. The Morgan fingerprint density at radius 2 is 2.15 bits per heavy atom. The number of nitrogens with one attached hydrogen (secondary N) is 1. The summed E-state index contributed by atoms with van der Waals surface area (Å²) >= 11 is 5.78. The molecule has 0 spiro atoms. The van der Waals surface area contributed by atoms with E-state index in [2.05, 4.69) is 17.2 Å². The third-order valence-corrected chi connectivity index (χ3v) is 3.41. The Labute approximate surface area is 124 Å². The van der Waals surface area contributed by atoms with Crippen LogP contribution in [0.25, 0.3) is 0 Å². The summed E-state index contributed by atoms with van der Waals surface area (Å²) in [6.07, 6.45) is 5.06. The SMILES string of the molecule is CCNC(Cc1cccnc1)Cc1ccc(Cl)cc1F. The van der Waals surface area contributed by atoms with Crippen molar-refractivity contribution in [1.29, 1.82) is 0 Å². The van der Waals surface area contributed by atoms with E-state index in [0.717, 1.165) is 18.5 Å². The van der Waals surface area contributed by atoms with Crippen LogP contribution in [0.1, 0.15) is 18.1 Å². The van der Waals surface area contributed by atoms with Gasteiger partial charge in [-0.25, -0.2) is 4.39 Å². The maximum Gasteiger partial charge on any atom is 0.127 e. The van der Waals surface area contributed by atoms with E-state index in [-0.39, 0.29) is 11.9 Å². The van der Waals surface area contributed by atoms with Crippen LogP contribution in [0, 0.1) is 5.82 Å². The zero-order valence-electron chi connectivity index (χ0n) is 11.4. The van der Waals surface area contributed by atoms with Crippen molar-refractivity contribution in [2.24, 2.45) is 0 Å². The van der Waals surface area contributed by atoms with Crippen molar-refractivity contribution in [3.63, 3.8) is 0 Å². The molecule has 2 nitrogen and oxygen atoms in total. The largest absolute Gasteiger partial charge is 0.314 e. The molecule has 1 aromatic heterocycles. The molecule has 0 amide bonds. The van der Waals surface area contributed by atoms with Gasteiger partial charge < -0.3 is 5.32 Å². The maximum absolute atomic E-state index is 13.9. The van der Waals surface area contributed by atoms with E-state index in [1.54, 1.807) is 18.3 Å². The molecule has 1 aromatic carbocycles. The molecule has 0 saturated carbocycles. The van der Waals surface area contributed by atoms with Gasteiger partial charge in [0.1, 0.15) is 5.82 Å². The molecule has 2 aromatic rings. The van der Waals surface area contributed by atoms with E-state index < -0.39 is 0 Å². The minimum atomic E-state index is -0.244. The molecular formula is C16H18ClFN2. The van der Waals surface area contributed by atoms with Gasteiger partial charge in [0.05, 0.1) is 0 Å². The highest BCUT2D eigenvalue weighted by molar-refractivity contribution is 6.30. The fourth-order valence-corrected chi connectivity index (χ4v) is 2.42. The van der Waals surface area contributed by atoms with Crippen LogP contribution in [0.2, 0.25) is 5.02 Å². The molecule has 1 heterocycles. The number of benzene rings is 1. The lowest BCUT2D eigenvalue weighted by Crippen LogP contribution is -2.33. The third-order valence-electron chi connectivity index (χ3n) is 3.18. The smallest absolute Gasteiger partial charge is 0.127 e. The van der Waals surface area contributed by atoms with E-state index in [1.165, 1.54) is 6.07 Å². The van der Waals surface area contributed by atoms with Crippen molar-refractivity contribution in [3.05, 3.63) is 64.7 Å². The average Bonchev–Trinajstić information content (AvgIpc) is 2.43. The number of likely N-dealkylation sites (N-methyl/N-ethyl adjacent to an activating group) is 1. The van der Waals surface area contributed by atoms with Gasteiger partial charge in [0.15, 0.2) is 0 Å². The minimum absolute atomic E-state index is 0.180. The number of hydrogen-bond acceptors (Lipinski definition) is 2. The zero-order valence-corrected chi connectivity index (χ0v) is 12.2. The molecule has 1 unspecified atom stereocenters. The van der Waals surface area contributed by atoms with Gasteiger partial charge in [0.25, 0.3) is 0 Å². The van der Waals surface area contributed by atoms with Crippen LogP contribution in [-0.4, -0.2) is 17.6 Å². The highest BCUT2D eigenvalue weighted by Gasteiger charge is 2.12. The first-order chi connectivity index (χ1) is 9.69. The van der Waals surface area contributed by atoms with Crippen LogP contribution in [0.4, 0.5) is 4.39 Å². The monoisotopic (exact) mass is 292 g/mol. The lowest BCUT2D eigenvalue weighted by Gasteiger charge is -2.18. The van der Waals surface area contributed by atoms with Gasteiger partial charge in [-0.05, 0) is 48.7 Å². The molecule has 1 N–H and O–H groups in total. The second-order valence-electron chi connectivity index (χ2n) is 4.76. The maximum atomic E-state index is 13.9. The Morgan fingerprint density at radius 3 is 2.80 bits per heavy atom. The van der Waals surface area contributed by atoms with Gasteiger partial charge in [-0.15, -0.1) is 0 Å². The van der Waals surface area contributed by atoms with Crippen LogP contribution in [0.3, 0.4) is 0 Å². The molecule has 0 fully saturated rings. The average molecular weight is 293 g/mol. The molecular weight excluding hydrogens is 275 g/mol. The van der Waals surface area contributed by atoms with Crippen molar-refractivity contribution in [3.8, 4) is 0 Å². The summed E-state index contributed by atoms with van der Waals surface area (Å²) in [7, 11) is 0. The summed E-state index contributed by atoms with van der Waals surface area (Å²) in [5, 5.41) is 3.82. The summed E-state index contributed by atoms with van der Waals surface area (Å²) in [5.74, 6) is -0.244.